The van der Waals surface area contributed by atoms with Crippen molar-refractivity contribution in [2.45, 2.75) is 39.3 Å². The number of hydrogen-bond donors (Lipinski definition) is 3. The molecule has 4 N–H and O–H groups in total. The second-order valence-corrected chi connectivity index (χ2v) is 7.34. The molecule has 0 radical (unpaired) electrons. The van der Waals surface area contributed by atoms with Crippen LogP contribution in [0.3, 0.4) is 0 Å². The van der Waals surface area contributed by atoms with Crippen LogP contribution < -0.4 is 21.3 Å². The molecule has 138 valence electrons. The summed E-state index contributed by atoms with van der Waals surface area (Å²) in [6.45, 7) is 9.90. The fourth-order valence-corrected chi connectivity index (χ4v) is 2.73. The van der Waals surface area contributed by atoms with Crippen LogP contribution in [0.1, 0.15) is 38.1 Å². The molecule has 0 saturated carbocycles. The van der Waals surface area contributed by atoms with Crippen molar-refractivity contribution >= 4 is 23.3 Å². The van der Waals surface area contributed by atoms with Gasteiger partial charge >= 0.3 is 5.97 Å². The zero-order chi connectivity index (χ0) is 18.6. The Hall–Kier alpha value is -2.28. The molecule has 1 saturated heterocycles. The van der Waals surface area contributed by atoms with Gasteiger partial charge in [-0.1, -0.05) is 0 Å². The van der Waals surface area contributed by atoms with E-state index in [4.69, 9.17) is 10.5 Å². The highest BCUT2D eigenvalue weighted by Crippen LogP contribution is 2.22. The van der Waals surface area contributed by atoms with Crippen molar-refractivity contribution < 1.29 is 14.3 Å². The average molecular weight is 348 g/mol. The molecule has 1 fully saturated rings. The van der Waals surface area contributed by atoms with Gasteiger partial charge in [-0.2, -0.15) is 0 Å². The highest BCUT2D eigenvalue weighted by molar-refractivity contribution is 6.01. The number of carbonyl (C=O) groups is 2. The normalized spacial score (nSPS) is 17.9. The summed E-state index contributed by atoms with van der Waals surface area (Å²) in [5.74, 6) is -0.861. The molecule has 2 rings (SSSR count). The van der Waals surface area contributed by atoms with E-state index in [1.807, 2.05) is 6.07 Å². The summed E-state index contributed by atoms with van der Waals surface area (Å²) < 4.78 is 5.18. The number of anilines is 2. The second-order valence-electron chi connectivity index (χ2n) is 7.34. The number of hydrogen-bond acceptors (Lipinski definition) is 6. The molecule has 1 atom stereocenters. The Bertz CT molecular complexity index is 640. The molecule has 0 spiro atoms. The van der Waals surface area contributed by atoms with Crippen LogP contribution in [-0.2, 0) is 9.53 Å². The number of nitrogen functional groups attached to an aromatic ring is 1. The number of nitrogens with two attached hydrogens (primary N) is 1. The summed E-state index contributed by atoms with van der Waals surface area (Å²) in [5, 5.41) is 5.96. The van der Waals surface area contributed by atoms with E-state index in [1.165, 1.54) is 0 Å². The first-order valence-corrected chi connectivity index (χ1v) is 8.53. The fourth-order valence-electron chi connectivity index (χ4n) is 2.73. The molecular weight excluding hydrogens is 320 g/mol. The van der Waals surface area contributed by atoms with Gasteiger partial charge in [-0.3, -0.25) is 9.59 Å². The van der Waals surface area contributed by atoms with Crippen LogP contribution in [0.2, 0.25) is 0 Å². The third-order valence-electron chi connectivity index (χ3n) is 3.83. The van der Waals surface area contributed by atoms with Crippen LogP contribution in [0.15, 0.2) is 18.2 Å². The number of benzene rings is 1. The Morgan fingerprint density at radius 1 is 1.40 bits per heavy atom. The summed E-state index contributed by atoms with van der Waals surface area (Å²) in [4.78, 5) is 26.4. The topological polar surface area (TPSA) is 96.7 Å². The molecule has 0 aromatic heterocycles. The minimum Gasteiger partial charge on any atom is -0.459 e. The van der Waals surface area contributed by atoms with Gasteiger partial charge in [0, 0.05) is 37.1 Å². The van der Waals surface area contributed by atoms with Crippen molar-refractivity contribution in [3.05, 3.63) is 23.8 Å². The van der Waals surface area contributed by atoms with E-state index in [0.29, 0.717) is 17.3 Å². The van der Waals surface area contributed by atoms with Crippen LogP contribution in [0.5, 0.6) is 0 Å². The SMILES string of the molecule is C[C@@H]1CN(c2ccc(N)c(C(=O)NCC(=O)OC(C)(C)C)c2)CCN1. The van der Waals surface area contributed by atoms with Crippen molar-refractivity contribution in [3.63, 3.8) is 0 Å². The van der Waals surface area contributed by atoms with Gasteiger partial charge < -0.3 is 26.0 Å². The van der Waals surface area contributed by atoms with Crippen LogP contribution in [0, 0.1) is 0 Å². The highest BCUT2D eigenvalue weighted by Gasteiger charge is 2.20. The van der Waals surface area contributed by atoms with E-state index >= 15 is 0 Å². The summed E-state index contributed by atoms with van der Waals surface area (Å²) in [5.41, 5.74) is 7.06. The zero-order valence-corrected chi connectivity index (χ0v) is 15.4. The standard InChI is InChI=1S/C18H28N4O3/c1-12-11-22(8-7-20-12)13-5-6-15(19)14(9-13)17(24)21-10-16(23)25-18(2,3)4/h5-6,9,12,20H,7-8,10-11,19H2,1-4H3,(H,21,24)/t12-/m1/s1. The third-order valence-corrected chi connectivity index (χ3v) is 3.83. The molecule has 1 aliphatic heterocycles. The first-order valence-electron chi connectivity index (χ1n) is 8.53. The van der Waals surface area contributed by atoms with E-state index < -0.39 is 11.6 Å². The fraction of sp³-hybridized carbons (Fsp3) is 0.556. The smallest absolute Gasteiger partial charge is 0.325 e. The van der Waals surface area contributed by atoms with E-state index in [-0.39, 0.29) is 12.5 Å². The van der Waals surface area contributed by atoms with Gasteiger partial charge in [0.2, 0.25) is 0 Å². The lowest BCUT2D eigenvalue weighted by Crippen LogP contribution is -2.49. The maximum absolute atomic E-state index is 12.4. The van der Waals surface area contributed by atoms with Gasteiger partial charge in [0.25, 0.3) is 5.91 Å². The van der Waals surface area contributed by atoms with Gasteiger partial charge in [0.05, 0.1) is 5.56 Å². The molecule has 1 amide bonds. The maximum atomic E-state index is 12.4. The molecule has 0 aliphatic carbocycles. The van der Waals surface area contributed by atoms with E-state index in [1.54, 1.807) is 32.9 Å². The Morgan fingerprint density at radius 3 is 2.76 bits per heavy atom. The van der Waals surface area contributed by atoms with Crippen molar-refractivity contribution in [2.75, 3.05) is 36.8 Å². The molecule has 1 aliphatic rings. The van der Waals surface area contributed by atoms with Crippen LogP contribution in [0.25, 0.3) is 0 Å². The summed E-state index contributed by atoms with van der Waals surface area (Å²) in [7, 11) is 0. The number of carbonyl (C=O) groups excluding carboxylic acids is 2. The lowest BCUT2D eigenvalue weighted by atomic mass is 10.1. The lowest BCUT2D eigenvalue weighted by molar-refractivity contribution is -0.153. The molecule has 0 bridgehead atoms. The maximum Gasteiger partial charge on any atom is 0.325 e. The molecule has 7 nitrogen and oxygen atoms in total. The summed E-state index contributed by atoms with van der Waals surface area (Å²) >= 11 is 0. The molecule has 1 heterocycles. The number of ether oxygens (including phenoxy) is 1. The summed E-state index contributed by atoms with van der Waals surface area (Å²) in [6.07, 6.45) is 0. The van der Waals surface area contributed by atoms with E-state index in [0.717, 1.165) is 25.3 Å². The van der Waals surface area contributed by atoms with Gasteiger partial charge in [0.15, 0.2) is 0 Å². The second kappa shape index (κ2) is 7.74. The highest BCUT2D eigenvalue weighted by atomic mass is 16.6. The molecule has 25 heavy (non-hydrogen) atoms. The van der Waals surface area contributed by atoms with Crippen LogP contribution >= 0.6 is 0 Å². The largest absolute Gasteiger partial charge is 0.459 e. The predicted octanol–water partition coefficient (Wildman–Crippen LogP) is 1.14. The third kappa shape index (κ3) is 5.63. The van der Waals surface area contributed by atoms with E-state index in [9.17, 15) is 9.59 Å². The Labute approximate surface area is 148 Å². The molecule has 1 aromatic rings. The zero-order valence-electron chi connectivity index (χ0n) is 15.4. The predicted molar refractivity (Wildman–Crippen MR) is 98.7 cm³/mol. The number of rotatable bonds is 4. The van der Waals surface area contributed by atoms with Gasteiger partial charge in [0.1, 0.15) is 12.1 Å². The quantitative estimate of drug-likeness (QED) is 0.558. The first-order chi connectivity index (χ1) is 11.7. The Morgan fingerprint density at radius 2 is 2.12 bits per heavy atom. The van der Waals surface area contributed by atoms with Crippen LogP contribution in [-0.4, -0.2) is 49.7 Å². The number of piperazine rings is 1. The monoisotopic (exact) mass is 348 g/mol. The van der Waals surface area contributed by atoms with Gasteiger partial charge in [-0.25, -0.2) is 0 Å². The van der Waals surface area contributed by atoms with Crippen molar-refractivity contribution in [3.8, 4) is 0 Å². The van der Waals surface area contributed by atoms with Gasteiger partial charge in [-0.05, 0) is 45.9 Å². The molecule has 0 unspecified atom stereocenters. The average Bonchev–Trinajstić information content (AvgIpc) is 2.51. The molecular formula is C18H28N4O3. The molecule has 1 aromatic carbocycles. The number of nitrogens with zero attached hydrogens (tertiary/aromatic N) is 1. The van der Waals surface area contributed by atoms with Gasteiger partial charge in [-0.15, -0.1) is 0 Å². The summed E-state index contributed by atoms with van der Waals surface area (Å²) in [6, 6.07) is 5.80. The first kappa shape index (κ1) is 19.1. The van der Waals surface area contributed by atoms with Crippen molar-refractivity contribution in [1.82, 2.24) is 10.6 Å². The van der Waals surface area contributed by atoms with Crippen LogP contribution in [0.4, 0.5) is 11.4 Å². The van der Waals surface area contributed by atoms with Crippen molar-refractivity contribution in [1.29, 1.82) is 0 Å². The number of esters is 1. The van der Waals surface area contributed by atoms with E-state index in [2.05, 4.69) is 22.5 Å². The van der Waals surface area contributed by atoms with Crippen molar-refractivity contribution in [2.24, 2.45) is 0 Å². The Balaban J connectivity index is 2.04. The molecule has 7 heteroatoms. The number of amides is 1. The minimum absolute atomic E-state index is 0.190. The Kier molecular flexibility index (Phi) is 5.89. The lowest BCUT2D eigenvalue weighted by Gasteiger charge is -2.34. The number of nitrogens with one attached hydrogen (secondary N) is 2. The minimum atomic E-state index is -0.584.